The molecular formula is C55H116N2O3. The van der Waals surface area contributed by atoms with Crippen molar-refractivity contribution in [3.63, 3.8) is 0 Å². The first-order chi connectivity index (χ1) is 29.4. The lowest BCUT2D eigenvalue weighted by atomic mass is 9.94. The highest BCUT2D eigenvalue weighted by molar-refractivity contribution is 5.72. The summed E-state index contributed by atoms with van der Waals surface area (Å²) in [5.74, 6) is 1.75. The van der Waals surface area contributed by atoms with Crippen molar-refractivity contribution in [2.75, 3.05) is 46.9 Å². The summed E-state index contributed by atoms with van der Waals surface area (Å²) < 4.78 is 10.9. The fraction of sp³-hybridized carbons (Fsp3) is 0.945. The normalized spacial score (nSPS) is 11.7. The minimum atomic E-state index is 0.00468. The van der Waals surface area contributed by atoms with Gasteiger partial charge in [0.05, 0.1) is 25.4 Å². The number of allylic oxidation sites excluding steroid dienone is 1. The summed E-state index contributed by atoms with van der Waals surface area (Å²) in [4.78, 5) is 14.4. The summed E-state index contributed by atoms with van der Waals surface area (Å²) >= 11 is 0. The van der Waals surface area contributed by atoms with Crippen LogP contribution in [0.2, 0.25) is 0 Å². The molecule has 0 aliphatic heterocycles. The van der Waals surface area contributed by atoms with Gasteiger partial charge in [-0.15, -0.1) is 0 Å². The lowest BCUT2D eigenvalue weighted by Crippen LogP contribution is -2.32. The zero-order chi connectivity index (χ0) is 45.6. The molecule has 0 aromatic rings. The van der Waals surface area contributed by atoms with Gasteiger partial charge in [-0.05, 0) is 65.1 Å². The maximum Gasteiger partial charge on any atom is 0.308 e. The molecule has 364 valence electrons. The second-order valence-electron chi connectivity index (χ2n) is 17.4. The predicted octanol–water partition coefficient (Wildman–Crippen LogP) is 17.8. The quantitative estimate of drug-likeness (QED) is 0.0376. The highest BCUT2D eigenvalue weighted by Crippen LogP contribution is 2.23. The number of nitrogens with one attached hydrogen (secondary N) is 1. The minimum absolute atomic E-state index is 0.00468. The number of unbranched alkanes of at least 4 members (excludes halogenated alkanes) is 24. The summed E-state index contributed by atoms with van der Waals surface area (Å²) in [5, 5.41) is 3.33. The van der Waals surface area contributed by atoms with Crippen LogP contribution in [0.5, 0.6) is 0 Å². The van der Waals surface area contributed by atoms with Crippen LogP contribution in [0.4, 0.5) is 0 Å². The van der Waals surface area contributed by atoms with Crippen molar-refractivity contribution in [3.8, 4) is 0 Å². The number of likely N-dealkylation sites (N-methyl/N-ethyl adjacent to an activating group) is 1. The molecular weight excluding hydrogens is 737 g/mol. The molecule has 0 saturated heterocycles. The van der Waals surface area contributed by atoms with Gasteiger partial charge in [-0.3, -0.25) is 4.79 Å². The Hall–Kier alpha value is -1.07. The summed E-state index contributed by atoms with van der Waals surface area (Å²) in [6.07, 6.45) is 44.4. The second kappa shape index (κ2) is 60.0. The molecule has 60 heavy (non-hydrogen) atoms. The van der Waals surface area contributed by atoms with E-state index in [1.807, 2.05) is 13.8 Å². The molecule has 0 aliphatic rings. The van der Waals surface area contributed by atoms with E-state index in [-0.39, 0.29) is 11.9 Å². The molecule has 0 amide bonds. The number of hydrogen-bond donors (Lipinski definition) is 1. The lowest BCUT2D eigenvalue weighted by molar-refractivity contribution is -0.146. The number of esters is 1. The second-order valence-corrected chi connectivity index (χ2v) is 17.4. The summed E-state index contributed by atoms with van der Waals surface area (Å²) in [6.45, 7) is 29.6. The number of carbonyl (C=O) groups excluding carboxylic acids is 1. The van der Waals surface area contributed by atoms with Gasteiger partial charge in [-0.2, -0.15) is 0 Å². The third-order valence-corrected chi connectivity index (χ3v) is 11.9. The molecule has 0 aliphatic carbocycles. The molecule has 0 aromatic heterocycles. The Balaban J connectivity index is -0.000000524. The van der Waals surface area contributed by atoms with E-state index >= 15 is 0 Å². The van der Waals surface area contributed by atoms with E-state index in [0.29, 0.717) is 5.92 Å². The van der Waals surface area contributed by atoms with Gasteiger partial charge in [0.25, 0.3) is 0 Å². The number of hydrogen-bond acceptors (Lipinski definition) is 5. The first kappa shape index (κ1) is 65.5. The van der Waals surface area contributed by atoms with Crippen LogP contribution >= 0.6 is 0 Å². The average molecular weight is 854 g/mol. The van der Waals surface area contributed by atoms with Gasteiger partial charge in [-0.25, -0.2) is 0 Å². The van der Waals surface area contributed by atoms with Gasteiger partial charge in [0.15, 0.2) is 0 Å². The van der Waals surface area contributed by atoms with Crippen molar-refractivity contribution >= 4 is 5.97 Å². The maximum absolute atomic E-state index is 11.7. The topological polar surface area (TPSA) is 50.8 Å². The molecule has 0 heterocycles. The van der Waals surface area contributed by atoms with Crippen LogP contribution in [0, 0.1) is 11.8 Å². The van der Waals surface area contributed by atoms with E-state index in [1.165, 1.54) is 226 Å². The molecule has 0 bridgehead atoms. The number of carbonyl (C=O) groups is 1. The molecule has 0 spiro atoms. The van der Waals surface area contributed by atoms with Crippen LogP contribution < -0.4 is 5.32 Å². The van der Waals surface area contributed by atoms with Gasteiger partial charge in [0.1, 0.15) is 0 Å². The number of methoxy groups -OCH3 is 1. The minimum Gasteiger partial charge on any atom is -0.498 e. The smallest absolute Gasteiger partial charge is 0.308 e. The van der Waals surface area contributed by atoms with Crippen molar-refractivity contribution < 1.29 is 14.3 Å². The Morgan fingerprint density at radius 3 is 1.23 bits per heavy atom. The zero-order valence-electron chi connectivity index (χ0n) is 43.6. The van der Waals surface area contributed by atoms with Crippen molar-refractivity contribution in [2.24, 2.45) is 11.8 Å². The molecule has 0 aromatic carbocycles. The van der Waals surface area contributed by atoms with E-state index in [2.05, 4.69) is 72.3 Å². The lowest BCUT2D eigenvalue weighted by Gasteiger charge is -2.22. The molecule has 1 N–H and O–H groups in total. The van der Waals surface area contributed by atoms with Crippen LogP contribution in [0.1, 0.15) is 281 Å². The van der Waals surface area contributed by atoms with E-state index in [0.717, 1.165) is 38.2 Å². The van der Waals surface area contributed by atoms with Gasteiger partial charge in [-0.1, -0.05) is 242 Å². The molecule has 2 unspecified atom stereocenters. The van der Waals surface area contributed by atoms with Crippen molar-refractivity contribution in [1.82, 2.24) is 10.2 Å². The van der Waals surface area contributed by atoms with Gasteiger partial charge in [0, 0.05) is 19.0 Å². The molecule has 0 saturated carbocycles. The monoisotopic (exact) mass is 853 g/mol. The highest BCUT2D eigenvalue weighted by atomic mass is 16.5. The van der Waals surface area contributed by atoms with Crippen molar-refractivity contribution in [3.05, 3.63) is 12.3 Å². The molecule has 5 nitrogen and oxygen atoms in total. The van der Waals surface area contributed by atoms with Crippen LogP contribution in [-0.2, 0) is 14.3 Å². The van der Waals surface area contributed by atoms with Crippen LogP contribution in [0.3, 0.4) is 0 Å². The predicted molar refractivity (Wildman–Crippen MR) is 272 cm³/mol. The Kier molecular flexibility index (Phi) is 65.6. The van der Waals surface area contributed by atoms with Gasteiger partial charge >= 0.3 is 5.97 Å². The number of ether oxygens (including phenoxy) is 2. The molecule has 5 heteroatoms. The zero-order valence-corrected chi connectivity index (χ0v) is 43.6. The van der Waals surface area contributed by atoms with Gasteiger partial charge in [0.2, 0.25) is 0 Å². The van der Waals surface area contributed by atoms with E-state index in [4.69, 9.17) is 9.47 Å². The largest absolute Gasteiger partial charge is 0.498 e. The third kappa shape index (κ3) is 53.1. The van der Waals surface area contributed by atoms with Crippen molar-refractivity contribution in [1.29, 1.82) is 0 Å². The Morgan fingerprint density at radius 1 is 0.483 bits per heavy atom. The number of nitrogens with zero attached hydrogens (tertiary/aromatic N) is 1. The molecule has 2 atom stereocenters. The SMILES string of the molecule is C=C(OCCCCCCCCCCN(CCCCCCCCC)CCNC)C(CC)CCCCC.CC.CCCC.CCCCCCCCC(CCCCCC)C(=O)OC. The first-order valence-electron chi connectivity index (χ1n) is 27.1. The summed E-state index contributed by atoms with van der Waals surface area (Å²) in [6, 6.07) is 0. The van der Waals surface area contributed by atoms with Crippen molar-refractivity contribution in [2.45, 2.75) is 281 Å². The maximum atomic E-state index is 11.7. The Labute approximate surface area is 380 Å². The van der Waals surface area contributed by atoms with E-state index < -0.39 is 0 Å². The fourth-order valence-corrected chi connectivity index (χ4v) is 7.49. The Bertz CT molecular complexity index is 773. The highest BCUT2D eigenvalue weighted by Gasteiger charge is 2.18. The van der Waals surface area contributed by atoms with Crippen LogP contribution in [0.15, 0.2) is 12.3 Å². The summed E-state index contributed by atoms with van der Waals surface area (Å²) in [5.41, 5.74) is 0. The summed E-state index contributed by atoms with van der Waals surface area (Å²) in [7, 11) is 3.59. The van der Waals surface area contributed by atoms with Crippen LogP contribution in [-0.4, -0.2) is 57.8 Å². The standard InChI is InChI=1S/C32H66N2O.C17H34O2.C4H10.C2H6/c1-6-9-11-12-15-18-22-27-34(29-26-33-5)28-23-19-16-13-14-17-20-24-30-35-31(4)32(8-3)25-21-10-7-2;1-4-6-8-10-11-13-15-16(17(18)19-3)14-12-9-7-5-2;1-3-4-2;1-2/h32-33H,4,6-30H2,1-3,5H3;16H,4-15H2,1-3H3;3-4H2,1-2H3;1-2H3. The number of rotatable bonds is 43. The van der Waals surface area contributed by atoms with E-state index in [9.17, 15) is 4.79 Å². The molecule has 0 radical (unpaired) electrons. The van der Waals surface area contributed by atoms with Crippen LogP contribution in [0.25, 0.3) is 0 Å². The first-order valence-corrected chi connectivity index (χ1v) is 27.1. The average Bonchev–Trinajstić information content (AvgIpc) is 3.27. The molecule has 0 fully saturated rings. The fourth-order valence-electron chi connectivity index (χ4n) is 7.49. The molecule has 0 rings (SSSR count). The van der Waals surface area contributed by atoms with E-state index in [1.54, 1.807) is 0 Å². The Morgan fingerprint density at radius 2 is 0.833 bits per heavy atom. The third-order valence-electron chi connectivity index (χ3n) is 11.9. The van der Waals surface area contributed by atoms with Gasteiger partial charge < -0.3 is 19.7 Å².